The van der Waals surface area contributed by atoms with Crippen LogP contribution in [0.15, 0.2) is 23.0 Å². The maximum absolute atomic E-state index is 12.5. The molecule has 24 heavy (non-hydrogen) atoms. The Morgan fingerprint density at radius 3 is 2.46 bits per heavy atom. The van der Waals surface area contributed by atoms with E-state index in [1.807, 2.05) is 0 Å². The maximum atomic E-state index is 12.5. The van der Waals surface area contributed by atoms with Gasteiger partial charge in [-0.15, -0.1) is 0 Å². The number of hydrogen-bond donors (Lipinski definition) is 2. The van der Waals surface area contributed by atoms with Gasteiger partial charge in [-0.2, -0.15) is 5.10 Å². The van der Waals surface area contributed by atoms with Gasteiger partial charge in [0.2, 0.25) is 5.91 Å². The fraction of sp³-hybridized carbons (Fsp3) is 0.250. The summed E-state index contributed by atoms with van der Waals surface area (Å²) in [4.78, 5) is 35.7. The van der Waals surface area contributed by atoms with Crippen molar-refractivity contribution < 1.29 is 9.59 Å². The average Bonchev–Trinajstić information content (AvgIpc) is 2.48. The Bertz CT molecular complexity index is 890. The molecular weight excluding hydrogens is 332 g/mol. The minimum absolute atomic E-state index is 0.0204. The molecule has 2 rings (SSSR count). The molecule has 1 aromatic heterocycles. The summed E-state index contributed by atoms with van der Waals surface area (Å²) in [5.41, 5.74) is 1.49. The van der Waals surface area contributed by atoms with Crippen LogP contribution in [0.2, 0.25) is 5.02 Å². The first-order valence-corrected chi connectivity index (χ1v) is 7.51. The molecule has 0 spiro atoms. The number of hydrogen-bond acceptors (Lipinski definition) is 4. The third-order valence-electron chi connectivity index (χ3n) is 3.49. The minimum atomic E-state index is -0.562. The van der Waals surface area contributed by atoms with Crippen LogP contribution in [0.3, 0.4) is 0 Å². The number of carbonyl (C=O) groups is 2. The summed E-state index contributed by atoms with van der Waals surface area (Å²) < 4.78 is 1.12. The van der Waals surface area contributed by atoms with Crippen molar-refractivity contribution in [3.63, 3.8) is 0 Å². The van der Waals surface area contributed by atoms with Gasteiger partial charge in [0, 0.05) is 19.7 Å². The number of nitrogens with zero attached hydrogens (tertiary/aromatic N) is 2. The normalized spacial score (nSPS) is 10.4. The van der Waals surface area contributed by atoms with E-state index in [9.17, 15) is 14.4 Å². The molecule has 0 aliphatic rings. The molecule has 0 saturated carbocycles. The Labute approximate surface area is 143 Å². The largest absolute Gasteiger partial charge is 0.326 e. The molecule has 1 aromatic carbocycles. The van der Waals surface area contributed by atoms with Gasteiger partial charge >= 0.3 is 0 Å². The van der Waals surface area contributed by atoms with Crippen LogP contribution in [0, 0.1) is 13.8 Å². The average molecular weight is 349 g/mol. The zero-order chi connectivity index (χ0) is 18.0. The first-order chi connectivity index (χ1) is 11.2. The summed E-state index contributed by atoms with van der Waals surface area (Å²) in [5.74, 6) is -0.790. The lowest BCUT2D eigenvalue weighted by atomic mass is 10.1. The predicted octanol–water partition coefficient (Wildman–Crippen LogP) is 2.26. The van der Waals surface area contributed by atoms with Crippen LogP contribution in [0.4, 0.5) is 11.4 Å². The molecule has 1 heterocycles. The van der Waals surface area contributed by atoms with Gasteiger partial charge < -0.3 is 10.6 Å². The first kappa shape index (κ1) is 17.7. The zero-order valence-electron chi connectivity index (χ0n) is 13.7. The quantitative estimate of drug-likeness (QED) is 0.889. The Morgan fingerprint density at radius 1 is 1.21 bits per heavy atom. The van der Waals surface area contributed by atoms with E-state index in [0.29, 0.717) is 22.6 Å². The fourth-order valence-corrected chi connectivity index (χ4v) is 2.43. The Hall–Kier alpha value is -2.67. The number of nitrogens with one attached hydrogen (secondary N) is 2. The van der Waals surface area contributed by atoms with Crippen molar-refractivity contribution in [1.82, 2.24) is 9.78 Å². The van der Waals surface area contributed by atoms with Crippen molar-refractivity contribution in [2.45, 2.75) is 20.8 Å². The van der Waals surface area contributed by atoms with Crippen molar-refractivity contribution in [2.24, 2.45) is 7.05 Å². The van der Waals surface area contributed by atoms with Crippen molar-refractivity contribution in [3.8, 4) is 0 Å². The molecule has 2 aromatic rings. The lowest BCUT2D eigenvalue weighted by Gasteiger charge is -2.12. The number of halogens is 1. The Balaban J connectivity index is 2.34. The van der Waals surface area contributed by atoms with Crippen LogP contribution >= 0.6 is 11.6 Å². The van der Waals surface area contributed by atoms with Crippen LogP contribution in [-0.2, 0) is 11.8 Å². The topological polar surface area (TPSA) is 93.1 Å². The van der Waals surface area contributed by atoms with Crippen LogP contribution in [0.1, 0.15) is 28.5 Å². The first-order valence-electron chi connectivity index (χ1n) is 7.13. The highest BCUT2D eigenvalue weighted by atomic mass is 35.5. The molecule has 0 unspecified atom stereocenters. The summed E-state index contributed by atoms with van der Waals surface area (Å²) in [7, 11) is 1.49. The smallest absolute Gasteiger partial charge is 0.279 e. The van der Waals surface area contributed by atoms with Crippen LogP contribution in [0.25, 0.3) is 0 Å². The molecule has 2 amide bonds. The van der Waals surface area contributed by atoms with E-state index in [0.717, 1.165) is 4.68 Å². The minimum Gasteiger partial charge on any atom is -0.326 e. The molecule has 126 valence electrons. The van der Waals surface area contributed by atoms with E-state index >= 15 is 0 Å². The van der Waals surface area contributed by atoms with E-state index in [1.54, 1.807) is 26.0 Å². The number of amides is 2. The van der Waals surface area contributed by atoms with E-state index < -0.39 is 11.5 Å². The van der Waals surface area contributed by atoms with Crippen LogP contribution < -0.4 is 16.2 Å². The molecule has 0 radical (unpaired) electrons. The standard InChI is InChI=1S/C16H17ClN4O3/c1-8-9(2)20-21(4)16(24)14(8)15(23)19-13-6-5-11(7-12(13)17)18-10(3)22/h5-7H,1-4H3,(H,18,22)(H,19,23). The molecule has 0 aliphatic carbocycles. The summed E-state index contributed by atoms with van der Waals surface area (Å²) in [5, 5.41) is 9.49. The van der Waals surface area contributed by atoms with E-state index in [2.05, 4.69) is 15.7 Å². The van der Waals surface area contributed by atoms with E-state index in [1.165, 1.54) is 20.0 Å². The number of aryl methyl sites for hydroxylation is 2. The molecule has 0 saturated heterocycles. The number of aromatic nitrogens is 2. The van der Waals surface area contributed by atoms with Gasteiger partial charge in [-0.05, 0) is 37.6 Å². The molecule has 0 aliphatic heterocycles. The predicted molar refractivity (Wildman–Crippen MR) is 92.7 cm³/mol. The summed E-state index contributed by atoms with van der Waals surface area (Å²) >= 11 is 6.12. The van der Waals surface area contributed by atoms with Gasteiger partial charge in [0.1, 0.15) is 5.56 Å². The fourth-order valence-electron chi connectivity index (χ4n) is 2.20. The highest BCUT2D eigenvalue weighted by Crippen LogP contribution is 2.26. The molecule has 8 heteroatoms. The second-order valence-corrected chi connectivity index (χ2v) is 5.75. The monoisotopic (exact) mass is 348 g/mol. The molecule has 7 nitrogen and oxygen atoms in total. The van der Waals surface area contributed by atoms with Gasteiger partial charge in [0.25, 0.3) is 11.5 Å². The SMILES string of the molecule is CC(=O)Nc1ccc(NC(=O)c2c(C)c(C)nn(C)c2=O)c(Cl)c1. The zero-order valence-corrected chi connectivity index (χ0v) is 14.5. The van der Waals surface area contributed by atoms with Crippen molar-refractivity contribution in [2.75, 3.05) is 10.6 Å². The highest BCUT2D eigenvalue weighted by Gasteiger charge is 2.19. The molecule has 0 atom stereocenters. The van der Waals surface area contributed by atoms with E-state index in [4.69, 9.17) is 11.6 Å². The Morgan fingerprint density at radius 2 is 1.88 bits per heavy atom. The summed E-state index contributed by atoms with van der Waals surface area (Å²) in [6, 6.07) is 4.67. The van der Waals surface area contributed by atoms with E-state index in [-0.39, 0.29) is 16.5 Å². The lowest BCUT2D eigenvalue weighted by molar-refractivity contribution is -0.114. The van der Waals surface area contributed by atoms with Crippen LogP contribution in [0.5, 0.6) is 0 Å². The van der Waals surface area contributed by atoms with Gasteiger partial charge in [-0.3, -0.25) is 14.4 Å². The number of benzene rings is 1. The van der Waals surface area contributed by atoms with Crippen LogP contribution in [-0.4, -0.2) is 21.6 Å². The summed E-state index contributed by atoms with van der Waals surface area (Å²) in [6.45, 7) is 4.77. The van der Waals surface area contributed by atoms with Gasteiger partial charge in [-0.25, -0.2) is 4.68 Å². The Kier molecular flexibility index (Phi) is 5.04. The third kappa shape index (κ3) is 3.62. The second-order valence-electron chi connectivity index (χ2n) is 5.34. The van der Waals surface area contributed by atoms with Crippen molar-refractivity contribution in [3.05, 3.63) is 50.4 Å². The molecule has 0 bridgehead atoms. The maximum Gasteiger partial charge on any atom is 0.279 e. The van der Waals surface area contributed by atoms with Gasteiger partial charge in [0.05, 0.1) is 16.4 Å². The van der Waals surface area contributed by atoms with Gasteiger partial charge in [-0.1, -0.05) is 11.6 Å². The number of carbonyl (C=O) groups excluding carboxylic acids is 2. The molecule has 2 N–H and O–H groups in total. The number of rotatable bonds is 3. The number of anilines is 2. The lowest BCUT2D eigenvalue weighted by Crippen LogP contribution is -2.31. The third-order valence-corrected chi connectivity index (χ3v) is 3.80. The van der Waals surface area contributed by atoms with Gasteiger partial charge in [0.15, 0.2) is 0 Å². The molecular formula is C16H17ClN4O3. The van der Waals surface area contributed by atoms with Crippen molar-refractivity contribution >= 4 is 34.8 Å². The van der Waals surface area contributed by atoms with Crippen molar-refractivity contribution in [1.29, 1.82) is 0 Å². The molecule has 0 fully saturated rings. The second kappa shape index (κ2) is 6.84. The summed E-state index contributed by atoms with van der Waals surface area (Å²) in [6.07, 6.45) is 0. The highest BCUT2D eigenvalue weighted by molar-refractivity contribution is 6.34.